The van der Waals surface area contributed by atoms with Crippen LogP contribution in [0.4, 0.5) is 0 Å². The van der Waals surface area contributed by atoms with Gasteiger partial charge in [0.25, 0.3) is 0 Å². The van der Waals surface area contributed by atoms with Gasteiger partial charge in [-0.1, -0.05) is 24.3 Å². The summed E-state index contributed by atoms with van der Waals surface area (Å²) in [4.78, 5) is 33.1. The second-order valence-electron chi connectivity index (χ2n) is 5.08. The number of esters is 1. The van der Waals surface area contributed by atoms with Crippen molar-refractivity contribution in [3.63, 3.8) is 0 Å². The molecule has 0 unspecified atom stereocenters. The maximum absolute atomic E-state index is 11.4. The molecule has 0 fully saturated rings. The Morgan fingerprint density at radius 2 is 1.81 bits per heavy atom. The first kappa shape index (κ1) is 18.7. The van der Waals surface area contributed by atoms with E-state index in [0.717, 1.165) is 5.56 Å². The fourth-order valence-corrected chi connectivity index (χ4v) is 1.95. The Morgan fingerprint density at radius 1 is 1.12 bits per heavy atom. The van der Waals surface area contributed by atoms with Gasteiger partial charge in [0.05, 0.1) is 18.9 Å². The molecule has 0 atom stereocenters. The summed E-state index contributed by atoms with van der Waals surface area (Å²) in [5, 5.41) is 3.66. The zero-order chi connectivity index (χ0) is 18.9. The number of methoxy groups -OCH3 is 1. The van der Waals surface area contributed by atoms with Crippen molar-refractivity contribution < 1.29 is 23.9 Å². The lowest BCUT2D eigenvalue weighted by atomic mass is 10.1. The maximum atomic E-state index is 11.4. The molecular formula is C18H17N3O5. The fourth-order valence-electron chi connectivity index (χ4n) is 1.95. The fraction of sp³-hybridized carbons (Fsp3) is 0.111. The highest BCUT2D eigenvalue weighted by molar-refractivity contribution is 6.34. The summed E-state index contributed by atoms with van der Waals surface area (Å²) in [5.41, 5.74) is 8.73. The van der Waals surface area contributed by atoms with Gasteiger partial charge in [0.2, 0.25) is 0 Å². The monoisotopic (exact) mass is 355 g/mol. The number of primary amides is 1. The molecule has 0 bridgehead atoms. The molecule has 0 aliphatic heterocycles. The summed E-state index contributed by atoms with van der Waals surface area (Å²) in [5.74, 6) is -2.01. The van der Waals surface area contributed by atoms with E-state index in [4.69, 9.17) is 10.5 Å². The van der Waals surface area contributed by atoms with Crippen molar-refractivity contribution in [2.45, 2.75) is 6.61 Å². The summed E-state index contributed by atoms with van der Waals surface area (Å²) in [6, 6.07) is 13.8. The van der Waals surface area contributed by atoms with Crippen LogP contribution in [-0.4, -0.2) is 31.1 Å². The number of carbonyl (C=O) groups is 3. The summed E-state index contributed by atoms with van der Waals surface area (Å²) < 4.78 is 10.4. The van der Waals surface area contributed by atoms with E-state index in [0.29, 0.717) is 16.9 Å². The molecule has 0 spiro atoms. The predicted molar refractivity (Wildman–Crippen MR) is 93.5 cm³/mol. The SMILES string of the molecule is COC(=O)c1ccc(COc2ccccc2/C=N\NC(=O)C(N)=O)cc1. The Hall–Kier alpha value is -3.68. The van der Waals surface area contributed by atoms with Crippen LogP contribution in [0.15, 0.2) is 53.6 Å². The highest BCUT2D eigenvalue weighted by Crippen LogP contribution is 2.18. The van der Waals surface area contributed by atoms with Crippen LogP contribution < -0.4 is 15.9 Å². The molecule has 0 aliphatic rings. The van der Waals surface area contributed by atoms with Crippen molar-refractivity contribution in [3.8, 4) is 5.75 Å². The molecule has 2 aromatic rings. The molecule has 0 saturated carbocycles. The summed E-state index contributed by atoms with van der Waals surface area (Å²) >= 11 is 0. The number of hydrogen-bond acceptors (Lipinski definition) is 6. The van der Waals surface area contributed by atoms with E-state index in [1.54, 1.807) is 48.5 Å². The summed E-state index contributed by atoms with van der Waals surface area (Å²) in [6.45, 7) is 0.264. The Kier molecular flexibility index (Phi) is 6.44. The van der Waals surface area contributed by atoms with Crippen LogP contribution in [0, 0.1) is 0 Å². The van der Waals surface area contributed by atoms with E-state index in [-0.39, 0.29) is 6.61 Å². The van der Waals surface area contributed by atoms with Crippen molar-refractivity contribution in [1.29, 1.82) is 0 Å². The van der Waals surface area contributed by atoms with Gasteiger partial charge in [-0.15, -0.1) is 0 Å². The van der Waals surface area contributed by atoms with E-state index < -0.39 is 17.8 Å². The third kappa shape index (κ3) is 5.17. The van der Waals surface area contributed by atoms with Crippen LogP contribution in [0.1, 0.15) is 21.5 Å². The first-order chi connectivity index (χ1) is 12.5. The third-order valence-electron chi connectivity index (χ3n) is 3.28. The van der Waals surface area contributed by atoms with Gasteiger partial charge in [-0.3, -0.25) is 9.59 Å². The summed E-state index contributed by atoms with van der Waals surface area (Å²) in [6.07, 6.45) is 1.34. The molecule has 2 aromatic carbocycles. The number of para-hydroxylation sites is 1. The van der Waals surface area contributed by atoms with Gasteiger partial charge in [-0.25, -0.2) is 10.2 Å². The van der Waals surface area contributed by atoms with Crippen LogP contribution >= 0.6 is 0 Å². The van der Waals surface area contributed by atoms with E-state index in [2.05, 4.69) is 9.84 Å². The Bertz CT molecular complexity index is 831. The predicted octanol–water partition coefficient (Wildman–Crippen LogP) is 0.988. The second-order valence-corrected chi connectivity index (χ2v) is 5.08. The number of rotatable bonds is 6. The molecule has 0 aliphatic carbocycles. The highest BCUT2D eigenvalue weighted by atomic mass is 16.5. The number of amides is 2. The molecule has 8 heteroatoms. The van der Waals surface area contributed by atoms with Crippen molar-refractivity contribution in [1.82, 2.24) is 5.43 Å². The third-order valence-corrected chi connectivity index (χ3v) is 3.28. The second kappa shape index (κ2) is 8.97. The number of ether oxygens (including phenoxy) is 2. The van der Waals surface area contributed by atoms with Crippen molar-refractivity contribution in [2.24, 2.45) is 10.8 Å². The lowest BCUT2D eigenvalue weighted by Crippen LogP contribution is -2.32. The first-order valence-corrected chi connectivity index (χ1v) is 7.53. The van der Waals surface area contributed by atoms with Crippen molar-refractivity contribution in [2.75, 3.05) is 7.11 Å². The molecule has 0 aromatic heterocycles. The van der Waals surface area contributed by atoms with E-state index in [1.807, 2.05) is 5.43 Å². The minimum absolute atomic E-state index is 0.264. The number of nitrogens with zero attached hydrogens (tertiary/aromatic N) is 1. The largest absolute Gasteiger partial charge is 0.488 e. The molecule has 0 heterocycles. The van der Waals surface area contributed by atoms with Crippen molar-refractivity contribution >= 4 is 24.0 Å². The lowest BCUT2D eigenvalue weighted by Gasteiger charge is -2.09. The number of carbonyl (C=O) groups excluding carboxylic acids is 3. The zero-order valence-corrected chi connectivity index (χ0v) is 14.0. The molecule has 2 amide bonds. The van der Waals surface area contributed by atoms with Gasteiger partial charge in [0.1, 0.15) is 12.4 Å². The minimum atomic E-state index is -1.12. The van der Waals surface area contributed by atoms with Gasteiger partial charge in [0, 0.05) is 5.56 Å². The van der Waals surface area contributed by atoms with Crippen LogP contribution in [0.5, 0.6) is 5.75 Å². The topological polar surface area (TPSA) is 120 Å². The van der Waals surface area contributed by atoms with Crippen molar-refractivity contribution in [3.05, 3.63) is 65.2 Å². The van der Waals surface area contributed by atoms with E-state index in [9.17, 15) is 14.4 Å². The molecule has 26 heavy (non-hydrogen) atoms. The average molecular weight is 355 g/mol. The summed E-state index contributed by atoms with van der Waals surface area (Å²) in [7, 11) is 1.32. The van der Waals surface area contributed by atoms with Gasteiger partial charge < -0.3 is 15.2 Å². The molecule has 2 rings (SSSR count). The smallest absolute Gasteiger partial charge is 0.337 e. The van der Waals surface area contributed by atoms with Gasteiger partial charge >= 0.3 is 17.8 Å². The van der Waals surface area contributed by atoms with Gasteiger partial charge in [-0.2, -0.15) is 5.10 Å². The van der Waals surface area contributed by atoms with Gasteiger partial charge in [0.15, 0.2) is 0 Å². The molecular weight excluding hydrogens is 338 g/mol. The normalized spacial score (nSPS) is 10.3. The number of nitrogens with one attached hydrogen (secondary N) is 1. The maximum Gasteiger partial charge on any atom is 0.337 e. The minimum Gasteiger partial charge on any atom is -0.488 e. The average Bonchev–Trinajstić information content (AvgIpc) is 2.66. The number of hydrogen-bond donors (Lipinski definition) is 2. The van der Waals surface area contributed by atoms with Crippen LogP contribution in [0.2, 0.25) is 0 Å². The Balaban J connectivity index is 2.01. The number of hydrazone groups is 1. The van der Waals surface area contributed by atoms with Gasteiger partial charge in [-0.05, 0) is 29.8 Å². The molecule has 0 radical (unpaired) electrons. The molecule has 8 nitrogen and oxygen atoms in total. The molecule has 0 saturated heterocycles. The lowest BCUT2D eigenvalue weighted by molar-refractivity contribution is -0.137. The Morgan fingerprint density at radius 3 is 2.46 bits per heavy atom. The highest BCUT2D eigenvalue weighted by Gasteiger charge is 2.07. The van der Waals surface area contributed by atoms with E-state index >= 15 is 0 Å². The van der Waals surface area contributed by atoms with Crippen LogP contribution in [-0.2, 0) is 20.9 Å². The molecule has 134 valence electrons. The number of nitrogens with two attached hydrogens (primary N) is 1. The zero-order valence-electron chi connectivity index (χ0n) is 14.0. The standard InChI is InChI=1S/C18H17N3O5/c1-25-18(24)13-8-6-12(7-9-13)11-26-15-5-3-2-4-14(15)10-20-21-17(23)16(19)22/h2-10H,11H2,1H3,(H2,19,22)(H,21,23)/b20-10-. The first-order valence-electron chi connectivity index (χ1n) is 7.53. The molecule has 3 N–H and O–H groups in total. The Labute approximate surface area is 149 Å². The quantitative estimate of drug-likeness (QED) is 0.346. The van der Waals surface area contributed by atoms with Crippen LogP contribution in [0.25, 0.3) is 0 Å². The number of benzene rings is 2. The van der Waals surface area contributed by atoms with Crippen LogP contribution in [0.3, 0.4) is 0 Å². The van der Waals surface area contributed by atoms with E-state index in [1.165, 1.54) is 13.3 Å².